The molecular weight excluding hydrogens is 341 g/mol. The molecule has 0 aliphatic heterocycles. The van der Waals surface area contributed by atoms with Crippen molar-refractivity contribution in [3.05, 3.63) is 54.6 Å². The minimum Gasteiger partial charge on any atom is -0.309 e. The third-order valence-electron chi connectivity index (χ3n) is 2.39. The maximum atomic E-state index is 6.06. The van der Waals surface area contributed by atoms with Gasteiger partial charge in [-0.15, -0.1) is 11.3 Å². The van der Waals surface area contributed by atoms with Crippen LogP contribution in [0.3, 0.4) is 0 Å². The van der Waals surface area contributed by atoms with Crippen LogP contribution in [0.1, 0.15) is 16.5 Å². The monoisotopic (exact) mass is 349 g/mol. The number of rotatable bonds is 3. The molecule has 17 heavy (non-hydrogen) atoms. The number of benzene rings is 1. The minimum absolute atomic E-state index is 0.113. The smallest absolute Gasteiger partial charge is 0.0931 e. The lowest BCUT2D eigenvalue weighted by atomic mass is 10.1. The molecule has 1 heterocycles. The summed E-state index contributed by atoms with van der Waals surface area (Å²) in [4.78, 5) is 1.17. The predicted octanol–water partition coefficient (Wildman–Crippen LogP) is 5.13. The van der Waals surface area contributed by atoms with Crippen molar-refractivity contribution in [1.82, 2.24) is 5.32 Å². The molecule has 0 amide bonds. The van der Waals surface area contributed by atoms with Crippen molar-refractivity contribution >= 4 is 50.5 Å². The van der Waals surface area contributed by atoms with Gasteiger partial charge in [-0.2, -0.15) is 0 Å². The molecule has 0 spiro atoms. The molecular formula is C12H10BrCl2NS. The molecule has 0 saturated heterocycles. The van der Waals surface area contributed by atoms with Gasteiger partial charge < -0.3 is 5.32 Å². The van der Waals surface area contributed by atoms with Crippen LogP contribution in [0.25, 0.3) is 0 Å². The predicted molar refractivity (Wildman–Crippen MR) is 79.4 cm³/mol. The van der Waals surface area contributed by atoms with Crippen LogP contribution in [0.15, 0.2) is 34.8 Å². The standard InChI is InChI=1S/C12H10BrCl2NS/c1-16-12(10-2-3-11(15)17-10)7-4-8(13)6-9(14)5-7/h2-6,12,16H,1H3. The maximum Gasteiger partial charge on any atom is 0.0931 e. The molecule has 1 aromatic heterocycles. The maximum absolute atomic E-state index is 6.06. The molecule has 0 saturated carbocycles. The first-order valence-corrected chi connectivity index (χ1v) is 7.35. The van der Waals surface area contributed by atoms with Crippen molar-refractivity contribution in [2.24, 2.45) is 0 Å². The highest BCUT2D eigenvalue weighted by atomic mass is 79.9. The van der Waals surface area contributed by atoms with Crippen molar-refractivity contribution in [3.8, 4) is 0 Å². The molecule has 1 N–H and O–H groups in total. The van der Waals surface area contributed by atoms with E-state index in [0.29, 0.717) is 0 Å². The van der Waals surface area contributed by atoms with Gasteiger partial charge in [0.05, 0.1) is 10.4 Å². The first-order chi connectivity index (χ1) is 8.10. The average molecular weight is 351 g/mol. The van der Waals surface area contributed by atoms with Crippen LogP contribution < -0.4 is 5.32 Å². The molecule has 1 aromatic carbocycles. The van der Waals surface area contributed by atoms with Crippen molar-refractivity contribution < 1.29 is 0 Å². The van der Waals surface area contributed by atoms with Crippen molar-refractivity contribution in [2.45, 2.75) is 6.04 Å². The Morgan fingerprint density at radius 3 is 2.53 bits per heavy atom. The summed E-state index contributed by atoms with van der Waals surface area (Å²) in [5, 5.41) is 3.99. The van der Waals surface area contributed by atoms with Crippen LogP contribution in [0.4, 0.5) is 0 Å². The molecule has 5 heteroatoms. The summed E-state index contributed by atoms with van der Waals surface area (Å²) < 4.78 is 1.77. The van der Waals surface area contributed by atoms with Gasteiger partial charge in [-0.3, -0.25) is 0 Å². The first kappa shape index (κ1) is 13.4. The second kappa shape index (κ2) is 5.72. The Labute approximate surface area is 123 Å². The molecule has 90 valence electrons. The van der Waals surface area contributed by atoms with E-state index in [1.165, 1.54) is 4.88 Å². The summed E-state index contributed by atoms with van der Waals surface area (Å²) in [5.74, 6) is 0. The fraction of sp³-hybridized carbons (Fsp3) is 0.167. The van der Waals surface area contributed by atoms with Gasteiger partial charge in [0.1, 0.15) is 0 Å². The average Bonchev–Trinajstić information content (AvgIpc) is 2.64. The van der Waals surface area contributed by atoms with Crippen LogP contribution in [-0.2, 0) is 0 Å². The second-order valence-corrected chi connectivity index (χ2v) is 6.67. The van der Waals surface area contributed by atoms with Crippen LogP contribution in [-0.4, -0.2) is 7.05 Å². The number of hydrogen-bond acceptors (Lipinski definition) is 2. The zero-order valence-electron chi connectivity index (χ0n) is 9.01. The summed E-state index contributed by atoms with van der Waals surface area (Å²) >= 11 is 17.1. The third-order valence-corrected chi connectivity index (χ3v) is 4.36. The molecule has 0 bridgehead atoms. The van der Waals surface area contributed by atoms with Crippen LogP contribution in [0.2, 0.25) is 9.36 Å². The van der Waals surface area contributed by atoms with Gasteiger partial charge in [0.2, 0.25) is 0 Å². The van der Waals surface area contributed by atoms with Gasteiger partial charge in [0.15, 0.2) is 0 Å². The van der Waals surface area contributed by atoms with E-state index in [4.69, 9.17) is 23.2 Å². The second-order valence-electron chi connectivity index (χ2n) is 3.57. The highest BCUT2D eigenvalue weighted by Crippen LogP contribution is 2.33. The Balaban J connectivity index is 2.41. The van der Waals surface area contributed by atoms with E-state index >= 15 is 0 Å². The van der Waals surface area contributed by atoms with E-state index in [0.717, 1.165) is 19.4 Å². The van der Waals surface area contributed by atoms with Crippen LogP contribution in [0.5, 0.6) is 0 Å². The van der Waals surface area contributed by atoms with Crippen LogP contribution in [0, 0.1) is 0 Å². The summed E-state index contributed by atoms with van der Waals surface area (Å²) in [6.45, 7) is 0. The molecule has 1 unspecified atom stereocenters. The molecule has 0 aliphatic rings. The van der Waals surface area contributed by atoms with E-state index < -0.39 is 0 Å². The van der Waals surface area contributed by atoms with Gasteiger partial charge in [-0.25, -0.2) is 0 Å². The zero-order chi connectivity index (χ0) is 12.4. The van der Waals surface area contributed by atoms with Gasteiger partial charge in [0, 0.05) is 14.4 Å². The van der Waals surface area contributed by atoms with E-state index in [-0.39, 0.29) is 6.04 Å². The first-order valence-electron chi connectivity index (χ1n) is 4.98. The number of thiophene rings is 1. The summed E-state index contributed by atoms with van der Waals surface area (Å²) in [6.07, 6.45) is 0. The minimum atomic E-state index is 0.113. The highest BCUT2D eigenvalue weighted by Gasteiger charge is 2.15. The fourth-order valence-electron chi connectivity index (χ4n) is 1.70. The van der Waals surface area contributed by atoms with Gasteiger partial charge >= 0.3 is 0 Å². The number of nitrogens with one attached hydrogen (secondary N) is 1. The van der Waals surface area contributed by atoms with E-state index in [2.05, 4.69) is 27.3 Å². The summed E-state index contributed by atoms with van der Waals surface area (Å²) in [6, 6.07) is 9.94. The lowest BCUT2D eigenvalue weighted by molar-refractivity contribution is 0.703. The molecule has 2 aromatic rings. The largest absolute Gasteiger partial charge is 0.309 e. The van der Waals surface area contributed by atoms with Crippen molar-refractivity contribution in [1.29, 1.82) is 0 Å². The van der Waals surface area contributed by atoms with Crippen LogP contribution >= 0.6 is 50.5 Å². The lowest BCUT2D eigenvalue weighted by Crippen LogP contribution is -2.16. The topological polar surface area (TPSA) is 12.0 Å². The van der Waals surface area contributed by atoms with E-state index in [1.807, 2.05) is 31.3 Å². The number of hydrogen-bond donors (Lipinski definition) is 1. The van der Waals surface area contributed by atoms with E-state index in [1.54, 1.807) is 11.3 Å². The summed E-state index contributed by atoms with van der Waals surface area (Å²) in [7, 11) is 1.92. The SMILES string of the molecule is CNC(c1cc(Cl)cc(Br)c1)c1ccc(Cl)s1. The third kappa shape index (κ3) is 3.24. The molecule has 0 aliphatic carbocycles. The molecule has 0 fully saturated rings. The quantitative estimate of drug-likeness (QED) is 0.809. The van der Waals surface area contributed by atoms with Gasteiger partial charge in [-0.1, -0.05) is 39.1 Å². The Morgan fingerprint density at radius 1 is 1.24 bits per heavy atom. The molecule has 1 nitrogen and oxygen atoms in total. The fourth-order valence-corrected chi connectivity index (χ4v) is 3.78. The van der Waals surface area contributed by atoms with Crippen molar-refractivity contribution in [3.63, 3.8) is 0 Å². The Morgan fingerprint density at radius 2 is 2.00 bits per heavy atom. The normalized spacial score (nSPS) is 12.7. The lowest BCUT2D eigenvalue weighted by Gasteiger charge is -2.15. The summed E-state index contributed by atoms with van der Waals surface area (Å²) in [5.41, 5.74) is 1.12. The van der Waals surface area contributed by atoms with Crippen molar-refractivity contribution in [2.75, 3.05) is 7.05 Å². The Hall–Kier alpha value is -0.0600. The Bertz CT molecular complexity index is 507. The Kier molecular flexibility index (Phi) is 4.50. The highest BCUT2D eigenvalue weighted by molar-refractivity contribution is 9.10. The van der Waals surface area contributed by atoms with Gasteiger partial charge in [0.25, 0.3) is 0 Å². The number of halogens is 3. The molecule has 1 atom stereocenters. The van der Waals surface area contributed by atoms with E-state index in [9.17, 15) is 0 Å². The van der Waals surface area contributed by atoms with Gasteiger partial charge in [-0.05, 0) is 42.9 Å². The zero-order valence-corrected chi connectivity index (χ0v) is 12.9. The molecule has 0 radical (unpaired) electrons. The molecule has 2 rings (SSSR count).